The zero-order chi connectivity index (χ0) is 14.9. The van der Waals surface area contributed by atoms with Crippen LogP contribution in [0.5, 0.6) is 5.75 Å². The first-order valence-corrected chi connectivity index (χ1v) is 7.10. The summed E-state index contributed by atoms with van der Waals surface area (Å²) in [6.45, 7) is 1.51. The van der Waals surface area contributed by atoms with E-state index in [-0.39, 0.29) is 11.1 Å². The molecule has 20 heavy (non-hydrogen) atoms. The summed E-state index contributed by atoms with van der Waals surface area (Å²) in [6.07, 6.45) is 0. The maximum absolute atomic E-state index is 13.9. The fraction of sp³-hybridized carbons (Fsp3) is 0.200. The molecule has 0 aliphatic heterocycles. The molecule has 0 aliphatic rings. The lowest BCUT2D eigenvalue weighted by molar-refractivity contribution is 0.412. The zero-order valence-electron chi connectivity index (χ0n) is 10.9. The van der Waals surface area contributed by atoms with Crippen molar-refractivity contribution >= 4 is 27.5 Å². The molecule has 0 fully saturated rings. The van der Waals surface area contributed by atoms with Crippen LogP contribution in [0.25, 0.3) is 0 Å². The Bertz CT molecular complexity index is 646. The summed E-state index contributed by atoms with van der Waals surface area (Å²) in [7, 11) is 1.55. The molecule has 0 spiro atoms. The van der Waals surface area contributed by atoms with Crippen molar-refractivity contribution in [1.82, 2.24) is 0 Å². The Hall–Kier alpha value is -1.13. The SMILES string of the molecule is COc1ccc(C(Cl)c2cc(F)c(C)cc2F)cc1Br. The fourth-order valence-electron chi connectivity index (χ4n) is 1.88. The van der Waals surface area contributed by atoms with Crippen molar-refractivity contribution in [3.63, 3.8) is 0 Å². The molecule has 1 atom stereocenters. The standard InChI is InChI=1S/C15H12BrClF2O/c1-8-5-13(19)10(7-12(8)18)15(17)9-3-4-14(20-2)11(16)6-9/h3-7,15H,1-2H3. The molecule has 0 saturated heterocycles. The van der Waals surface area contributed by atoms with Crippen molar-refractivity contribution in [3.05, 3.63) is 63.1 Å². The molecule has 1 unspecified atom stereocenters. The van der Waals surface area contributed by atoms with E-state index in [1.165, 1.54) is 6.92 Å². The van der Waals surface area contributed by atoms with Crippen molar-refractivity contribution in [2.45, 2.75) is 12.3 Å². The van der Waals surface area contributed by atoms with Gasteiger partial charge in [0.2, 0.25) is 0 Å². The van der Waals surface area contributed by atoms with E-state index >= 15 is 0 Å². The molecular weight excluding hydrogens is 350 g/mol. The zero-order valence-corrected chi connectivity index (χ0v) is 13.2. The molecule has 5 heteroatoms. The second kappa shape index (κ2) is 6.10. The van der Waals surface area contributed by atoms with E-state index < -0.39 is 17.0 Å². The van der Waals surface area contributed by atoms with Crippen LogP contribution in [0.2, 0.25) is 0 Å². The number of ether oxygens (including phenoxy) is 1. The summed E-state index contributed by atoms with van der Waals surface area (Å²) in [5.41, 5.74) is 1.03. The maximum atomic E-state index is 13.9. The molecule has 0 N–H and O–H groups in total. The first-order valence-electron chi connectivity index (χ1n) is 5.87. The number of hydrogen-bond acceptors (Lipinski definition) is 1. The van der Waals surface area contributed by atoms with Crippen molar-refractivity contribution < 1.29 is 13.5 Å². The van der Waals surface area contributed by atoms with Crippen molar-refractivity contribution in [2.75, 3.05) is 7.11 Å². The van der Waals surface area contributed by atoms with Gasteiger partial charge in [-0.1, -0.05) is 6.07 Å². The van der Waals surface area contributed by atoms with Crippen LogP contribution in [0.3, 0.4) is 0 Å². The van der Waals surface area contributed by atoms with Crippen LogP contribution in [0.1, 0.15) is 22.1 Å². The highest BCUT2D eigenvalue weighted by Gasteiger charge is 2.18. The van der Waals surface area contributed by atoms with Crippen LogP contribution in [0.4, 0.5) is 8.78 Å². The average Bonchev–Trinajstić information content (AvgIpc) is 2.42. The molecule has 0 radical (unpaired) electrons. The number of aryl methyl sites for hydroxylation is 1. The van der Waals surface area contributed by atoms with Gasteiger partial charge in [0.25, 0.3) is 0 Å². The van der Waals surface area contributed by atoms with Gasteiger partial charge in [0, 0.05) is 5.56 Å². The van der Waals surface area contributed by atoms with Crippen LogP contribution in [-0.4, -0.2) is 7.11 Å². The smallest absolute Gasteiger partial charge is 0.133 e. The highest BCUT2D eigenvalue weighted by Crippen LogP contribution is 2.35. The number of alkyl halides is 1. The summed E-state index contributed by atoms with van der Waals surface area (Å²) < 4.78 is 33.3. The first-order chi connectivity index (χ1) is 9.43. The van der Waals surface area contributed by atoms with Crippen molar-refractivity contribution in [2.24, 2.45) is 0 Å². The van der Waals surface area contributed by atoms with E-state index in [1.54, 1.807) is 25.3 Å². The number of halogens is 4. The maximum Gasteiger partial charge on any atom is 0.133 e. The monoisotopic (exact) mass is 360 g/mol. The van der Waals surface area contributed by atoms with Crippen LogP contribution in [0.15, 0.2) is 34.8 Å². The van der Waals surface area contributed by atoms with E-state index in [1.807, 2.05) is 0 Å². The van der Waals surface area contributed by atoms with Gasteiger partial charge < -0.3 is 4.74 Å². The summed E-state index contributed by atoms with van der Waals surface area (Å²) in [6, 6.07) is 7.46. The summed E-state index contributed by atoms with van der Waals surface area (Å²) in [5, 5.41) is -0.771. The molecule has 0 saturated carbocycles. The first kappa shape index (κ1) is 15.3. The Kier molecular flexibility index (Phi) is 4.66. The predicted octanol–water partition coefficient (Wildman–Crippen LogP) is 5.37. The van der Waals surface area contributed by atoms with Gasteiger partial charge in [-0.25, -0.2) is 8.78 Å². The molecule has 0 bridgehead atoms. The van der Waals surface area contributed by atoms with E-state index in [4.69, 9.17) is 16.3 Å². The fourth-order valence-corrected chi connectivity index (χ4v) is 2.74. The quantitative estimate of drug-likeness (QED) is 0.668. The van der Waals surface area contributed by atoms with Gasteiger partial charge >= 0.3 is 0 Å². The summed E-state index contributed by atoms with van der Waals surface area (Å²) in [5.74, 6) is -0.344. The van der Waals surface area contributed by atoms with E-state index in [9.17, 15) is 8.78 Å². The lowest BCUT2D eigenvalue weighted by atomic mass is 10.0. The van der Waals surface area contributed by atoms with Gasteiger partial charge in [-0.15, -0.1) is 11.6 Å². The third-order valence-electron chi connectivity index (χ3n) is 3.02. The van der Waals surface area contributed by atoms with E-state index in [0.717, 1.165) is 12.1 Å². The largest absolute Gasteiger partial charge is 0.496 e. The number of rotatable bonds is 3. The topological polar surface area (TPSA) is 9.23 Å². The minimum atomic E-state index is -0.771. The number of methoxy groups -OCH3 is 1. The molecule has 2 aromatic carbocycles. The Labute approximate surface area is 129 Å². The molecule has 106 valence electrons. The van der Waals surface area contributed by atoms with Gasteiger partial charge in [0.1, 0.15) is 17.4 Å². The highest BCUT2D eigenvalue weighted by atomic mass is 79.9. The minimum Gasteiger partial charge on any atom is -0.496 e. The number of hydrogen-bond donors (Lipinski definition) is 0. The van der Waals surface area contributed by atoms with Gasteiger partial charge in [-0.05, 0) is 58.2 Å². The second-order valence-electron chi connectivity index (χ2n) is 4.38. The second-order valence-corrected chi connectivity index (χ2v) is 5.67. The molecule has 0 aromatic heterocycles. The van der Waals surface area contributed by atoms with Crippen molar-refractivity contribution in [1.29, 1.82) is 0 Å². The molecular formula is C15H12BrClF2O. The molecule has 0 aliphatic carbocycles. The normalized spacial score (nSPS) is 12.3. The lowest BCUT2D eigenvalue weighted by Gasteiger charge is -2.14. The lowest BCUT2D eigenvalue weighted by Crippen LogP contribution is -2.00. The van der Waals surface area contributed by atoms with Gasteiger partial charge in [0.05, 0.1) is 17.0 Å². The van der Waals surface area contributed by atoms with E-state index in [0.29, 0.717) is 15.8 Å². The van der Waals surface area contributed by atoms with Crippen LogP contribution < -0.4 is 4.74 Å². The van der Waals surface area contributed by atoms with E-state index in [2.05, 4.69) is 15.9 Å². The molecule has 0 heterocycles. The van der Waals surface area contributed by atoms with Gasteiger partial charge in [-0.3, -0.25) is 0 Å². The Morgan fingerprint density at radius 2 is 1.85 bits per heavy atom. The minimum absolute atomic E-state index is 0.117. The molecule has 2 rings (SSSR count). The average molecular weight is 362 g/mol. The third kappa shape index (κ3) is 2.96. The molecule has 2 aromatic rings. The van der Waals surface area contributed by atoms with Crippen LogP contribution in [-0.2, 0) is 0 Å². The van der Waals surface area contributed by atoms with Crippen LogP contribution in [0, 0.1) is 18.6 Å². The molecule has 0 amide bonds. The highest BCUT2D eigenvalue weighted by molar-refractivity contribution is 9.10. The Morgan fingerprint density at radius 3 is 2.45 bits per heavy atom. The Morgan fingerprint density at radius 1 is 1.15 bits per heavy atom. The van der Waals surface area contributed by atoms with Crippen LogP contribution >= 0.6 is 27.5 Å². The predicted molar refractivity (Wildman–Crippen MR) is 79.5 cm³/mol. The summed E-state index contributed by atoms with van der Waals surface area (Å²) in [4.78, 5) is 0. The third-order valence-corrected chi connectivity index (χ3v) is 4.13. The number of benzene rings is 2. The molecule has 1 nitrogen and oxygen atoms in total. The summed E-state index contributed by atoms with van der Waals surface area (Å²) >= 11 is 9.60. The van der Waals surface area contributed by atoms with Gasteiger partial charge in [-0.2, -0.15) is 0 Å². The Balaban J connectivity index is 2.43. The van der Waals surface area contributed by atoms with Gasteiger partial charge in [0.15, 0.2) is 0 Å². The van der Waals surface area contributed by atoms with Crippen molar-refractivity contribution in [3.8, 4) is 5.75 Å².